The van der Waals surface area contributed by atoms with Crippen molar-refractivity contribution >= 4 is 16.0 Å². The summed E-state index contributed by atoms with van der Waals surface area (Å²) in [6, 6.07) is 1.04. The van der Waals surface area contributed by atoms with Crippen molar-refractivity contribution in [2.75, 3.05) is 26.3 Å². The number of aryl methyl sites for hydroxylation is 1. The average Bonchev–Trinajstić information content (AvgIpc) is 2.73. The Balaban J connectivity index is 2.35. The summed E-state index contributed by atoms with van der Waals surface area (Å²) >= 11 is 0. The molecule has 1 aromatic heterocycles. The lowest BCUT2D eigenvalue weighted by Crippen LogP contribution is -2.40. The van der Waals surface area contributed by atoms with Crippen LogP contribution in [0.4, 0.5) is 0 Å². The van der Waals surface area contributed by atoms with Crippen molar-refractivity contribution in [1.82, 2.24) is 4.31 Å². The number of ether oxygens (including phenoxy) is 1. The highest BCUT2D eigenvalue weighted by Crippen LogP contribution is 2.23. The SMILES string of the molecule is Cc1oc(S(=O)(=O)N2CCOCC2)cc1C(=O)O. The second-order valence-corrected chi connectivity index (χ2v) is 5.73. The third-order valence-electron chi connectivity index (χ3n) is 2.69. The Hall–Kier alpha value is -1.38. The van der Waals surface area contributed by atoms with Crippen molar-refractivity contribution in [3.05, 3.63) is 17.4 Å². The Bertz CT molecular complexity index is 555. The minimum Gasteiger partial charge on any atom is -0.478 e. The molecule has 1 N–H and O–H groups in total. The van der Waals surface area contributed by atoms with E-state index in [4.69, 9.17) is 14.3 Å². The molecule has 1 saturated heterocycles. The standard InChI is InChI=1S/C10H13NO6S/c1-7-8(10(12)13)6-9(17-7)18(14,15)11-2-4-16-5-3-11/h6H,2-5H2,1H3,(H,12,13). The van der Waals surface area contributed by atoms with Gasteiger partial charge < -0.3 is 14.3 Å². The summed E-state index contributed by atoms with van der Waals surface area (Å²) in [5.41, 5.74) is -0.137. The Labute approximate surface area is 104 Å². The Kier molecular flexibility index (Phi) is 3.42. The number of carboxylic acids is 1. The molecule has 0 spiro atoms. The number of carboxylic acid groups (broad SMARTS) is 1. The minimum atomic E-state index is -3.77. The van der Waals surface area contributed by atoms with Crippen molar-refractivity contribution < 1.29 is 27.5 Å². The van der Waals surface area contributed by atoms with Crippen LogP contribution in [-0.4, -0.2) is 50.1 Å². The van der Waals surface area contributed by atoms with E-state index in [1.807, 2.05) is 0 Å². The van der Waals surface area contributed by atoms with E-state index in [2.05, 4.69) is 0 Å². The third-order valence-corrected chi connectivity index (χ3v) is 4.44. The summed E-state index contributed by atoms with van der Waals surface area (Å²) < 4.78 is 35.7. The lowest BCUT2D eigenvalue weighted by atomic mass is 10.3. The highest BCUT2D eigenvalue weighted by atomic mass is 32.2. The Morgan fingerprint density at radius 2 is 2.00 bits per heavy atom. The molecule has 0 saturated carbocycles. The first-order valence-electron chi connectivity index (χ1n) is 5.34. The van der Waals surface area contributed by atoms with Crippen LogP contribution in [0.2, 0.25) is 0 Å². The summed E-state index contributed by atoms with van der Waals surface area (Å²) in [6.07, 6.45) is 0. The van der Waals surface area contributed by atoms with Gasteiger partial charge >= 0.3 is 5.97 Å². The first-order chi connectivity index (χ1) is 8.43. The average molecular weight is 275 g/mol. The van der Waals surface area contributed by atoms with E-state index in [1.54, 1.807) is 0 Å². The summed E-state index contributed by atoms with van der Waals surface area (Å²) in [4.78, 5) is 10.8. The van der Waals surface area contributed by atoms with E-state index in [-0.39, 0.29) is 29.5 Å². The zero-order valence-corrected chi connectivity index (χ0v) is 10.6. The molecule has 8 heteroatoms. The van der Waals surface area contributed by atoms with Crippen LogP contribution in [0.15, 0.2) is 15.6 Å². The van der Waals surface area contributed by atoms with Crippen LogP contribution >= 0.6 is 0 Å². The van der Waals surface area contributed by atoms with E-state index in [0.29, 0.717) is 13.2 Å². The molecule has 1 aromatic rings. The van der Waals surface area contributed by atoms with Crippen LogP contribution in [0.5, 0.6) is 0 Å². The summed E-state index contributed by atoms with van der Waals surface area (Å²) in [5, 5.41) is 8.53. The van der Waals surface area contributed by atoms with Crippen molar-refractivity contribution in [3.63, 3.8) is 0 Å². The molecular weight excluding hydrogens is 262 g/mol. The van der Waals surface area contributed by atoms with Gasteiger partial charge in [0.1, 0.15) is 11.3 Å². The van der Waals surface area contributed by atoms with E-state index in [9.17, 15) is 13.2 Å². The maximum absolute atomic E-state index is 12.2. The van der Waals surface area contributed by atoms with Crippen molar-refractivity contribution in [3.8, 4) is 0 Å². The molecular formula is C10H13NO6S. The van der Waals surface area contributed by atoms with Gasteiger partial charge in [0.2, 0.25) is 5.09 Å². The van der Waals surface area contributed by atoms with Gasteiger partial charge in [0.25, 0.3) is 10.0 Å². The molecule has 0 aromatic carbocycles. The lowest BCUT2D eigenvalue weighted by molar-refractivity contribution is 0.0695. The molecule has 100 valence electrons. The number of morpholine rings is 1. The molecule has 0 bridgehead atoms. The van der Waals surface area contributed by atoms with Gasteiger partial charge in [0.15, 0.2) is 0 Å². The van der Waals surface area contributed by atoms with E-state index in [1.165, 1.54) is 11.2 Å². The number of carbonyl (C=O) groups is 1. The summed E-state index contributed by atoms with van der Waals surface area (Å²) in [6.45, 7) is 2.55. The molecule has 0 aliphatic carbocycles. The highest BCUT2D eigenvalue weighted by Gasteiger charge is 2.31. The van der Waals surface area contributed by atoms with E-state index < -0.39 is 16.0 Å². The van der Waals surface area contributed by atoms with Crippen molar-refractivity contribution in [1.29, 1.82) is 0 Å². The fraction of sp³-hybridized carbons (Fsp3) is 0.500. The molecule has 7 nitrogen and oxygen atoms in total. The summed E-state index contributed by atoms with van der Waals surface area (Å²) in [7, 11) is -3.77. The molecule has 2 rings (SSSR count). The molecule has 0 unspecified atom stereocenters. The van der Waals surface area contributed by atoms with Crippen LogP contribution in [0.25, 0.3) is 0 Å². The number of nitrogens with zero attached hydrogens (tertiary/aromatic N) is 1. The largest absolute Gasteiger partial charge is 0.478 e. The maximum atomic E-state index is 12.2. The van der Waals surface area contributed by atoms with Crippen molar-refractivity contribution in [2.45, 2.75) is 12.0 Å². The molecule has 0 atom stereocenters. The predicted octanol–water partition coefficient (Wildman–Crippen LogP) is 0.307. The molecule has 2 heterocycles. The van der Waals surface area contributed by atoms with Gasteiger partial charge in [-0.25, -0.2) is 13.2 Å². The van der Waals surface area contributed by atoms with Crippen LogP contribution in [0, 0.1) is 6.92 Å². The van der Waals surface area contributed by atoms with Gasteiger partial charge in [-0.1, -0.05) is 0 Å². The fourth-order valence-corrected chi connectivity index (χ4v) is 3.09. The topological polar surface area (TPSA) is 97.0 Å². The second-order valence-electron chi connectivity index (χ2n) is 3.86. The van der Waals surface area contributed by atoms with Gasteiger partial charge in [-0.05, 0) is 6.92 Å². The monoisotopic (exact) mass is 275 g/mol. The second kappa shape index (κ2) is 4.71. The van der Waals surface area contributed by atoms with Crippen LogP contribution < -0.4 is 0 Å². The van der Waals surface area contributed by atoms with Gasteiger partial charge in [-0.15, -0.1) is 0 Å². The normalized spacial score (nSPS) is 17.8. The van der Waals surface area contributed by atoms with Gasteiger partial charge in [0, 0.05) is 19.2 Å². The predicted molar refractivity (Wildman–Crippen MR) is 60.0 cm³/mol. The zero-order chi connectivity index (χ0) is 13.3. The molecule has 1 aliphatic rings. The number of sulfonamides is 1. The number of rotatable bonds is 3. The number of aromatic carboxylic acids is 1. The fourth-order valence-electron chi connectivity index (χ4n) is 1.71. The molecule has 18 heavy (non-hydrogen) atoms. The smallest absolute Gasteiger partial charge is 0.339 e. The van der Waals surface area contributed by atoms with Crippen LogP contribution in [-0.2, 0) is 14.8 Å². The van der Waals surface area contributed by atoms with Gasteiger partial charge in [-0.2, -0.15) is 4.31 Å². The number of hydrogen-bond donors (Lipinski definition) is 1. The lowest BCUT2D eigenvalue weighted by Gasteiger charge is -2.24. The minimum absolute atomic E-state index is 0.0781. The maximum Gasteiger partial charge on any atom is 0.339 e. The number of hydrogen-bond acceptors (Lipinski definition) is 5. The molecule has 1 aliphatic heterocycles. The van der Waals surface area contributed by atoms with E-state index in [0.717, 1.165) is 6.07 Å². The summed E-state index contributed by atoms with van der Waals surface area (Å²) in [5.74, 6) is -1.13. The van der Waals surface area contributed by atoms with Gasteiger partial charge in [-0.3, -0.25) is 0 Å². The Morgan fingerprint density at radius 3 is 2.50 bits per heavy atom. The first-order valence-corrected chi connectivity index (χ1v) is 6.78. The molecule has 0 radical (unpaired) electrons. The van der Waals surface area contributed by atoms with E-state index >= 15 is 0 Å². The van der Waals surface area contributed by atoms with Gasteiger partial charge in [0.05, 0.1) is 13.2 Å². The quantitative estimate of drug-likeness (QED) is 0.852. The number of furan rings is 1. The Morgan fingerprint density at radius 1 is 1.39 bits per heavy atom. The van der Waals surface area contributed by atoms with Crippen LogP contribution in [0.1, 0.15) is 16.1 Å². The van der Waals surface area contributed by atoms with Crippen molar-refractivity contribution in [2.24, 2.45) is 0 Å². The van der Waals surface area contributed by atoms with Crippen LogP contribution in [0.3, 0.4) is 0 Å². The molecule has 1 fully saturated rings. The highest BCUT2D eigenvalue weighted by molar-refractivity contribution is 7.89. The third kappa shape index (κ3) is 2.26. The first kappa shape index (κ1) is 13.1. The zero-order valence-electron chi connectivity index (χ0n) is 9.75. The molecule has 0 amide bonds.